The zero-order valence-electron chi connectivity index (χ0n) is 20.9. The first-order valence-corrected chi connectivity index (χ1v) is 12.6. The first-order valence-electron chi connectivity index (χ1n) is 12.2. The van der Waals surface area contributed by atoms with Gasteiger partial charge in [0.05, 0.1) is 12.7 Å². The number of urea groups is 1. The molecule has 3 rings (SSSR count). The Labute approximate surface area is 218 Å². The number of methoxy groups -OCH3 is 1. The molecule has 0 heterocycles. The molecule has 0 aliphatic rings. The second-order valence-corrected chi connectivity index (χ2v) is 9.21. The number of halogens is 1. The van der Waals surface area contributed by atoms with Crippen LogP contribution in [0.3, 0.4) is 0 Å². The van der Waals surface area contributed by atoms with Gasteiger partial charge in [0.2, 0.25) is 0 Å². The van der Waals surface area contributed by atoms with E-state index in [0.717, 1.165) is 48.6 Å². The average Bonchev–Trinajstić information content (AvgIpc) is 2.90. The molecule has 0 spiro atoms. The molecule has 0 aliphatic heterocycles. The molecule has 0 fully saturated rings. The molecule has 3 aromatic carbocycles. The smallest absolute Gasteiger partial charge is 0.337 e. The van der Waals surface area contributed by atoms with Gasteiger partial charge in [0, 0.05) is 36.4 Å². The van der Waals surface area contributed by atoms with Crippen LogP contribution in [0, 0.1) is 0 Å². The summed E-state index contributed by atoms with van der Waals surface area (Å²) in [5, 5.41) is 6.52. The maximum absolute atomic E-state index is 12.2. The molecule has 1 atom stereocenters. The lowest BCUT2D eigenvalue weighted by atomic mass is 10.0. The van der Waals surface area contributed by atoms with Crippen molar-refractivity contribution in [3.8, 4) is 0 Å². The summed E-state index contributed by atoms with van der Waals surface area (Å²) in [7, 11) is 1.38. The Balaban J connectivity index is 1.56. The van der Waals surface area contributed by atoms with Gasteiger partial charge < -0.3 is 15.4 Å². The molecule has 2 amide bonds. The van der Waals surface area contributed by atoms with Gasteiger partial charge in [0.15, 0.2) is 0 Å². The fraction of sp³-hybridized carbons (Fsp3) is 0.310. The topological polar surface area (TPSA) is 70.7 Å². The van der Waals surface area contributed by atoms with E-state index in [9.17, 15) is 9.59 Å². The van der Waals surface area contributed by atoms with E-state index in [4.69, 9.17) is 16.3 Å². The Morgan fingerprint density at radius 1 is 0.944 bits per heavy atom. The van der Waals surface area contributed by atoms with Crippen LogP contribution in [0.2, 0.25) is 5.02 Å². The van der Waals surface area contributed by atoms with Crippen molar-refractivity contribution < 1.29 is 14.3 Å². The molecule has 2 N–H and O–H groups in total. The quantitative estimate of drug-likeness (QED) is 0.227. The lowest BCUT2D eigenvalue weighted by Gasteiger charge is -2.29. The summed E-state index contributed by atoms with van der Waals surface area (Å²) in [6.45, 7) is 4.38. The van der Waals surface area contributed by atoms with Crippen molar-refractivity contribution in [2.24, 2.45) is 0 Å². The molecule has 7 heteroatoms. The van der Waals surface area contributed by atoms with Gasteiger partial charge in [-0.2, -0.15) is 0 Å². The zero-order valence-corrected chi connectivity index (χ0v) is 21.6. The maximum atomic E-state index is 12.2. The van der Waals surface area contributed by atoms with E-state index in [1.807, 2.05) is 54.6 Å². The molecule has 0 bridgehead atoms. The summed E-state index contributed by atoms with van der Waals surface area (Å²) >= 11 is 6.02. The average molecular weight is 508 g/mol. The van der Waals surface area contributed by atoms with Crippen molar-refractivity contribution in [1.29, 1.82) is 0 Å². The molecule has 0 aliphatic carbocycles. The number of aryl methyl sites for hydroxylation is 1. The highest BCUT2D eigenvalue weighted by atomic mass is 35.5. The summed E-state index contributed by atoms with van der Waals surface area (Å²) in [4.78, 5) is 26.4. The number of carbonyl (C=O) groups excluding carboxylic acids is 2. The molecule has 0 saturated heterocycles. The van der Waals surface area contributed by atoms with Crippen LogP contribution in [0.1, 0.15) is 41.3 Å². The van der Waals surface area contributed by atoms with E-state index in [1.165, 1.54) is 12.7 Å². The van der Waals surface area contributed by atoms with Gasteiger partial charge in [0.1, 0.15) is 0 Å². The van der Waals surface area contributed by atoms with E-state index in [1.54, 1.807) is 12.1 Å². The van der Waals surface area contributed by atoms with Gasteiger partial charge in [-0.15, -0.1) is 0 Å². The number of ether oxygens (including phenoxy) is 1. The summed E-state index contributed by atoms with van der Waals surface area (Å²) < 4.78 is 4.80. The number of esters is 1. The minimum Gasteiger partial charge on any atom is -0.465 e. The minimum absolute atomic E-state index is 0.207. The predicted molar refractivity (Wildman–Crippen MR) is 146 cm³/mol. The van der Waals surface area contributed by atoms with Crippen LogP contribution in [-0.4, -0.2) is 43.1 Å². The van der Waals surface area contributed by atoms with E-state index >= 15 is 0 Å². The Hall–Kier alpha value is -3.35. The van der Waals surface area contributed by atoms with E-state index in [2.05, 4.69) is 34.6 Å². The first-order chi connectivity index (χ1) is 17.4. The van der Waals surface area contributed by atoms with Crippen LogP contribution in [0.25, 0.3) is 0 Å². The van der Waals surface area contributed by atoms with Gasteiger partial charge in [-0.1, -0.05) is 54.1 Å². The highest BCUT2D eigenvalue weighted by Crippen LogP contribution is 2.17. The van der Waals surface area contributed by atoms with Crippen LogP contribution in [-0.2, 0) is 17.7 Å². The van der Waals surface area contributed by atoms with Crippen molar-refractivity contribution in [3.63, 3.8) is 0 Å². The molecule has 1 unspecified atom stereocenters. The van der Waals surface area contributed by atoms with E-state index < -0.39 is 0 Å². The number of hydrogen-bond acceptors (Lipinski definition) is 4. The largest absolute Gasteiger partial charge is 0.465 e. The van der Waals surface area contributed by atoms with Gasteiger partial charge >= 0.3 is 12.0 Å². The van der Waals surface area contributed by atoms with Crippen LogP contribution >= 0.6 is 11.6 Å². The Morgan fingerprint density at radius 3 is 2.28 bits per heavy atom. The lowest BCUT2D eigenvalue weighted by molar-refractivity contribution is 0.0600. The number of benzene rings is 3. The molecule has 3 aromatic rings. The zero-order chi connectivity index (χ0) is 25.8. The highest BCUT2D eigenvalue weighted by molar-refractivity contribution is 6.30. The SMILES string of the molecule is COC(=O)c1ccc(CN(CCCNC(=O)Nc2ccccc2)C(C)CCc2ccc(Cl)cc2)cc1. The number of nitrogens with zero attached hydrogens (tertiary/aromatic N) is 1. The number of amides is 2. The normalized spacial score (nSPS) is 11.7. The molecule has 0 saturated carbocycles. The third-order valence-corrected chi connectivity index (χ3v) is 6.34. The van der Waals surface area contributed by atoms with E-state index in [0.29, 0.717) is 18.2 Å². The number of anilines is 1. The third kappa shape index (κ3) is 9.02. The monoisotopic (exact) mass is 507 g/mol. The summed E-state index contributed by atoms with van der Waals surface area (Å²) in [5.74, 6) is -0.338. The molecular weight excluding hydrogens is 474 g/mol. The lowest BCUT2D eigenvalue weighted by Crippen LogP contribution is -2.36. The summed E-state index contributed by atoms with van der Waals surface area (Å²) in [6.07, 6.45) is 2.76. The molecule has 190 valence electrons. The predicted octanol–water partition coefficient (Wildman–Crippen LogP) is 6.16. The summed E-state index contributed by atoms with van der Waals surface area (Å²) in [5.41, 5.74) is 3.68. The summed E-state index contributed by atoms with van der Waals surface area (Å²) in [6, 6.07) is 25.0. The van der Waals surface area contributed by atoms with Crippen LogP contribution in [0.4, 0.5) is 10.5 Å². The first kappa shape index (κ1) is 27.2. The number of para-hydroxylation sites is 1. The number of hydrogen-bond donors (Lipinski definition) is 2. The second kappa shape index (κ2) is 14.3. The molecule has 6 nitrogen and oxygen atoms in total. The maximum Gasteiger partial charge on any atom is 0.337 e. The number of carbonyl (C=O) groups is 2. The molecular formula is C29H34ClN3O3. The Kier molecular flexibility index (Phi) is 10.8. The molecule has 0 radical (unpaired) electrons. The second-order valence-electron chi connectivity index (χ2n) is 8.77. The standard InChI is InChI=1S/C29H34ClN3O3/c1-22(9-10-23-13-17-26(30)18-14-23)33(21-24-11-15-25(16-12-24)28(34)36-2)20-6-19-31-29(35)32-27-7-4-3-5-8-27/h3-5,7-8,11-18,22H,6,9-10,19-21H2,1-2H3,(H2,31,32,35). The van der Waals surface area contributed by atoms with Crippen molar-refractivity contribution >= 4 is 29.3 Å². The Bertz CT molecular complexity index is 1090. The molecule has 36 heavy (non-hydrogen) atoms. The Morgan fingerprint density at radius 2 is 1.61 bits per heavy atom. The van der Waals surface area contributed by atoms with Crippen molar-refractivity contribution in [1.82, 2.24) is 10.2 Å². The van der Waals surface area contributed by atoms with Crippen molar-refractivity contribution in [2.45, 2.75) is 38.8 Å². The van der Waals surface area contributed by atoms with Crippen molar-refractivity contribution in [2.75, 3.05) is 25.5 Å². The number of rotatable bonds is 12. The molecule has 0 aromatic heterocycles. The van der Waals surface area contributed by atoms with Gasteiger partial charge in [-0.25, -0.2) is 9.59 Å². The highest BCUT2D eigenvalue weighted by Gasteiger charge is 2.15. The fourth-order valence-electron chi connectivity index (χ4n) is 3.94. The van der Waals surface area contributed by atoms with Crippen molar-refractivity contribution in [3.05, 3.63) is 101 Å². The fourth-order valence-corrected chi connectivity index (χ4v) is 4.07. The van der Waals surface area contributed by atoms with Crippen LogP contribution in [0.5, 0.6) is 0 Å². The van der Waals surface area contributed by atoms with Crippen LogP contribution < -0.4 is 10.6 Å². The third-order valence-electron chi connectivity index (χ3n) is 6.09. The van der Waals surface area contributed by atoms with Gasteiger partial charge in [-0.05, 0) is 73.7 Å². The van der Waals surface area contributed by atoms with Crippen LogP contribution in [0.15, 0.2) is 78.9 Å². The number of nitrogens with one attached hydrogen (secondary N) is 2. The van der Waals surface area contributed by atoms with Gasteiger partial charge in [-0.3, -0.25) is 4.90 Å². The minimum atomic E-state index is -0.338. The van der Waals surface area contributed by atoms with E-state index in [-0.39, 0.29) is 12.0 Å². The van der Waals surface area contributed by atoms with Gasteiger partial charge in [0.25, 0.3) is 0 Å².